The van der Waals surface area contributed by atoms with E-state index in [9.17, 15) is 9.59 Å². The number of amides is 2. The van der Waals surface area contributed by atoms with Crippen molar-refractivity contribution in [3.05, 3.63) is 83.7 Å². The normalized spacial score (nSPS) is 10.4. The van der Waals surface area contributed by atoms with Crippen LogP contribution < -0.4 is 10.6 Å². The molecule has 0 saturated heterocycles. The molecule has 3 aromatic rings. The number of nitrogens with one attached hydrogen (secondary N) is 2. The molecule has 0 spiro atoms. The molecule has 0 radical (unpaired) electrons. The van der Waals surface area contributed by atoms with Crippen molar-refractivity contribution in [2.75, 3.05) is 11.9 Å². The van der Waals surface area contributed by atoms with Crippen LogP contribution in [0.2, 0.25) is 0 Å². The van der Waals surface area contributed by atoms with Crippen LogP contribution >= 0.6 is 0 Å². The number of rotatable bonds is 7. The van der Waals surface area contributed by atoms with Crippen molar-refractivity contribution in [3.63, 3.8) is 0 Å². The molecule has 0 aliphatic rings. The first-order valence-corrected chi connectivity index (χ1v) is 8.82. The van der Waals surface area contributed by atoms with Gasteiger partial charge in [-0.15, -0.1) is 0 Å². The maximum Gasteiger partial charge on any atom is 0.251 e. The molecule has 0 bridgehead atoms. The third-order valence-corrected chi connectivity index (χ3v) is 4.13. The van der Waals surface area contributed by atoms with E-state index in [1.54, 1.807) is 23.1 Å². The quantitative estimate of drug-likeness (QED) is 0.678. The second kappa shape index (κ2) is 8.80. The molecule has 138 valence electrons. The zero-order valence-corrected chi connectivity index (χ0v) is 15.2. The number of aryl methyl sites for hydroxylation is 1. The van der Waals surface area contributed by atoms with Crippen LogP contribution in [0.4, 0.5) is 5.69 Å². The number of carbonyl (C=O) groups excluding carboxylic acids is 2. The monoisotopic (exact) mass is 362 g/mol. The van der Waals surface area contributed by atoms with E-state index in [1.807, 2.05) is 55.5 Å². The van der Waals surface area contributed by atoms with Gasteiger partial charge in [-0.3, -0.25) is 14.3 Å². The average molecular weight is 362 g/mol. The van der Waals surface area contributed by atoms with Gasteiger partial charge in [-0.2, -0.15) is 5.10 Å². The second-order valence-corrected chi connectivity index (χ2v) is 6.28. The number of benzene rings is 2. The van der Waals surface area contributed by atoms with Crippen molar-refractivity contribution in [2.45, 2.75) is 19.9 Å². The molecule has 3 rings (SSSR count). The molecule has 1 heterocycles. The van der Waals surface area contributed by atoms with Gasteiger partial charge in [-0.1, -0.05) is 48.5 Å². The highest BCUT2D eigenvalue weighted by molar-refractivity contribution is 5.96. The van der Waals surface area contributed by atoms with Gasteiger partial charge in [-0.05, 0) is 24.1 Å². The molecule has 0 aliphatic heterocycles. The first kappa shape index (κ1) is 18.4. The molecule has 0 fully saturated rings. The lowest BCUT2D eigenvalue weighted by atomic mass is 10.1. The summed E-state index contributed by atoms with van der Waals surface area (Å²) >= 11 is 0. The summed E-state index contributed by atoms with van der Waals surface area (Å²) in [5.74, 6) is -0.337. The largest absolute Gasteiger partial charge is 0.352 e. The molecule has 2 N–H and O–H groups in total. The Labute approximate surface area is 158 Å². The SMILES string of the molecule is Cc1ccccc1C(=O)NCCC(=O)Nc1cnn(Cc2ccccc2)c1. The zero-order chi connectivity index (χ0) is 19.1. The Morgan fingerprint density at radius 2 is 1.78 bits per heavy atom. The molecule has 0 atom stereocenters. The highest BCUT2D eigenvalue weighted by atomic mass is 16.2. The van der Waals surface area contributed by atoms with Crippen LogP contribution in [0.1, 0.15) is 27.9 Å². The number of hydrogen-bond acceptors (Lipinski definition) is 3. The zero-order valence-electron chi connectivity index (χ0n) is 15.2. The minimum absolute atomic E-state index is 0.167. The molecule has 6 heteroatoms. The van der Waals surface area contributed by atoms with Crippen LogP contribution in [-0.4, -0.2) is 28.1 Å². The lowest BCUT2D eigenvalue weighted by Gasteiger charge is -2.07. The van der Waals surface area contributed by atoms with Gasteiger partial charge in [0, 0.05) is 24.7 Å². The van der Waals surface area contributed by atoms with E-state index < -0.39 is 0 Å². The van der Waals surface area contributed by atoms with Crippen LogP contribution in [0, 0.1) is 6.92 Å². The molecule has 0 aliphatic carbocycles. The van der Waals surface area contributed by atoms with E-state index in [-0.39, 0.29) is 24.8 Å². The van der Waals surface area contributed by atoms with Crippen molar-refractivity contribution in [3.8, 4) is 0 Å². The van der Waals surface area contributed by atoms with Crippen molar-refractivity contribution >= 4 is 17.5 Å². The number of anilines is 1. The Hall–Kier alpha value is -3.41. The van der Waals surface area contributed by atoms with Gasteiger partial charge in [0.2, 0.25) is 5.91 Å². The van der Waals surface area contributed by atoms with Crippen LogP contribution in [0.5, 0.6) is 0 Å². The van der Waals surface area contributed by atoms with Gasteiger partial charge in [0.05, 0.1) is 18.4 Å². The third-order valence-electron chi connectivity index (χ3n) is 4.13. The lowest BCUT2D eigenvalue weighted by molar-refractivity contribution is -0.116. The molecule has 2 amide bonds. The highest BCUT2D eigenvalue weighted by Crippen LogP contribution is 2.09. The topological polar surface area (TPSA) is 76.0 Å². The van der Waals surface area contributed by atoms with Crippen LogP contribution in [0.15, 0.2) is 67.0 Å². The summed E-state index contributed by atoms with van der Waals surface area (Å²) in [6.45, 7) is 2.80. The van der Waals surface area contributed by atoms with E-state index >= 15 is 0 Å². The van der Waals surface area contributed by atoms with Crippen LogP contribution in [0.25, 0.3) is 0 Å². The molecule has 2 aromatic carbocycles. The summed E-state index contributed by atoms with van der Waals surface area (Å²) in [4.78, 5) is 24.2. The predicted octanol–water partition coefficient (Wildman–Crippen LogP) is 3.00. The first-order chi connectivity index (χ1) is 13.1. The number of nitrogens with zero attached hydrogens (tertiary/aromatic N) is 2. The maximum atomic E-state index is 12.1. The third kappa shape index (κ3) is 5.28. The van der Waals surface area contributed by atoms with Gasteiger partial charge in [0.25, 0.3) is 5.91 Å². The van der Waals surface area contributed by atoms with E-state index in [4.69, 9.17) is 0 Å². The fraction of sp³-hybridized carbons (Fsp3) is 0.190. The van der Waals surface area contributed by atoms with E-state index in [0.717, 1.165) is 11.1 Å². The van der Waals surface area contributed by atoms with Crippen molar-refractivity contribution < 1.29 is 9.59 Å². The van der Waals surface area contributed by atoms with Gasteiger partial charge < -0.3 is 10.6 Å². The summed E-state index contributed by atoms with van der Waals surface area (Å²) in [7, 11) is 0. The Morgan fingerprint density at radius 3 is 2.56 bits per heavy atom. The summed E-state index contributed by atoms with van der Waals surface area (Å²) in [6, 6.07) is 17.3. The fourth-order valence-electron chi connectivity index (χ4n) is 2.72. The Bertz CT molecular complexity index is 919. The maximum absolute atomic E-state index is 12.1. The molecular formula is C21H22N4O2. The van der Waals surface area contributed by atoms with E-state index in [0.29, 0.717) is 17.8 Å². The fourth-order valence-corrected chi connectivity index (χ4v) is 2.72. The van der Waals surface area contributed by atoms with Crippen molar-refractivity contribution in [2.24, 2.45) is 0 Å². The van der Waals surface area contributed by atoms with Gasteiger partial charge in [0.1, 0.15) is 0 Å². The van der Waals surface area contributed by atoms with Gasteiger partial charge >= 0.3 is 0 Å². The second-order valence-electron chi connectivity index (χ2n) is 6.28. The van der Waals surface area contributed by atoms with Gasteiger partial charge in [0.15, 0.2) is 0 Å². The molecule has 0 saturated carbocycles. The smallest absolute Gasteiger partial charge is 0.251 e. The molecule has 1 aromatic heterocycles. The van der Waals surface area contributed by atoms with Crippen molar-refractivity contribution in [1.29, 1.82) is 0 Å². The molecule has 27 heavy (non-hydrogen) atoms. The van der Waals surface area contributed by atoms with Crippen molar-refractivity contribution in [1.82, 2.24) is 15.1 Å². The van der Waals surface area contributed by atoms with Crippen LogP contribution in [0.3, 0.4) is 0 Å². The lowest BCUT2D eigenvalue weighted by Crippen LogP contribution is -2.28. The average Bonchev–Trinajstić information content (AvgIpc) is 3.09. The first-order valence-electron chi connectivity index (χ1n) is 8.82. The summed E-state index contributed by atoms with van der Waals surface area (Å²) in [5, 5.41) is 9.83. The Morgan fingerprint density at radius 1 is 1.04 bits per heavy atom. The summed E-state index contributed by atoms with van der Waals surface area (Å²) in [5.41, 5.74) is 3.31. The molecule has 0 unspecified atom stereocenters. The minimum Gasteiger partial charge on any atom is -0.352 e. The Balaban J connectivity index is 1.44. The van der Waals surface area contributed by atoms with Crippen LogP contribution in [-0.2, 0) is 11.3 Å². The molecular weight excluding hydrogens is 340 g/mol. The number of aromatic nitrogens is 2. The summed E-state index contributed by atoms with van der Waals surface area (Å²) in [6.07, 6.45) is 3.60. The number of carbonyl (C=O) groups is 2. The number of hydrogen-bond donors (Lipinski definition) is 2. The standard InChI is InChI=1S/C21H22N4O2/c1-16-7-5-6-10-19(16)21(27)22-12-11-20(26)24-18-13-23-25(15-18)14-17-8-3-2-4-9-17/h2-10,13,15H,11-12,14H2,1H3,(H,22,27)(H,24,26). The van der Waals surface area contributed by atoms with E-state index in [2.05, 4.69) is 15.7 Å². The highest BCUT2D eigenvalue weighted by Gasteiger charge is 2.09. The Kier molecular flexibility index (Phi) is 5.99. The predicted molar refractivity (Wildman–Crippen MR) is 105 cm³/mol. The molecule has 6 nitrogen and oxygen atoms in total. The summed E-state index contributed by atoms with van der Waals surface area (Å²) < 4.78 is 1.77. The van der Waals surface area contributed by atoms with Gasteiger partial charge in [-0.25, -0.2) is 0 Å². The van der Waals surface area contributed by atoms with E-state index in [1.165, 1.54) is 0 Å². The minimum atomic E-state index is -0.170.